The SMILES string of the molecule is CC.CCC(=O)/C=C/C(=O)NCc1cn(CCOCCOCC(C)C)nn1. The molecule has 1 aromatic rings. The lowest BCUT2D eigenvalue weighted by atomic mass is 10.2. The summed E-state index contributed by atoms with van der Waals surface area (Å²) in [4.78, 5) is 22.6. The van der Waals surface area contributed by atoms with E-state index in [4.69, 9.17) is 9.47 Å². The maximum atomic E-state index is 11.5. The van der Waals surface area contributed by atoms with Gasteiger partial charge in [-0.15, -0.1) is 5.10 Å². The van der Waals surface area contributed by atoms with Crippen LogP contribution in [0.1, 0.15) is 46.7 Å². The van der Waals surface area contributed by atoms with Crippen molar-refractivity contribution in [3.63, 3.8) is 0 Å². The van der Waals surface area contributed by atoms with Gasteiger partial charge in [-0.05, 0) is 12.0 Å². The number of allylic oxidation sites excluding steroid dienone is 1. The number of aromatic nitrogens is 3. The molecule has 1 heterocycles. The van der Waals surface area contributed by atoms with Gasteiger partial charge < -0.3 is 14.8 Å². The van der Waals surface area contributed by atoms with Crippen molar-refractivity contribution in [2.45, 2.75) is 54.1 Å². The van der Waals surface area contributed by atoms with Gasteiger partial charge in [-0.3, -0.25) is 9.59 Å². The fourth-order valence-corrected chi connectivity index (χ4v) is 1.75. The Kier molecular flexibility index (Phi) is 14.9. The Morgan fingerprint density at radius 1 is 1.19 bits per heavy atom. The highest BCUT2D eigenvalue weighted by molar-refractivity contribution is 5.97. The Morgan fingerprint density at radius 2 is 1.89 bits per heavy atom. The van der Waals surface area contributed by atoms with Crippen molar-refractivity contribution >= 4 is 11.7 Å². The van der Waals surface area contributed by atoms with Crippen molar-refractivity contribution in [2.24, 2.45) is 5.92 Å². The molecule has 0 saturated heterocycles. The number of nitrogens with zero attached hydrogens (tertiary/aromatic N) is 3. The summed E-state index contributed by atoms with van der Waals surface area (Å²) < 4.78 is 12.5. The first kappa shape index (κ1) is 24.9. The Labute approximate surface area is 162 Å². The smallest absolute Gasteiger partial charge is 0.244 e. The molecule has 1 aromatic heterocycles. The van der Waals surface area contributed by atoms with Crippen LogP contribution in [0.25, 0.3) is 0 Å². The lowest BCUT2D eigenvalue weighted by molar-refractivity contribution is -0.118. The van der Waals surface area contributed by atoms with Crippen molar-refractivity contribution in [1.82, 2.24) is 20.3 Å². The molecule has 154 valence electrons. The van der Waals surface area contributed by atoms with Gasteiger partial charge in [-0.25, -0.2) is 4.68 Å². The summed E-state index contributed by atoms with van der Waals surface area (Å²) in [6.07, 6.45) is 4.63. The monoisotopic (exact) mass is 382 g/mol. The molecule has 1 N–H and O–H groups in total. The quantitative estimate of drug-likeness (QED) is 0.415. The first-order chi connectivity index (χ1) is 13.0. The third-order valence-electron chi connectivity index (χ3n) is 3.09. The Hall–Kier alpha value is -2.06. The van der Waals surface area contributed by atoms with Crippen molar-refractivity contribution in [3.8, 4) is 0 Å². The number of nitrogens with one attached hydrogen (secondary N) is 1. The molecule has 8 heteroatoms. The zero-order chi connectivity index (χ0) is 20.5. The van der Waals surface area contributed by atoms with Crippen LogP contribution in [0.15, 0.2) is 18.3 Å². The number of ether oxygens (including phenoxy) is 2. The van der Waals surface area contributed by atoms with Gasteiger partial charge in [0.25, 0.3) is 0 Å². The molecule has 0 saturated carbocycles. The molecule has 0 aliphatic carbocycles. The highest BCUT2D eigenvalue weighted by atomic mass is 16.5. The standard InChI is InChI=1S/C17H28N4O4.C2H6/c1-4-16(22)5-6-17(23)18-11-15-12-21(20-19-15)7-8-24-9-10-25-13-14(2)3;1-2/h5-6,12,14H,4,7-11,13H2,1-3H3,(H,18,23);1-2H3/b6-5+;. The number of hydrogen-bond acceptors (Lipinski definition) is 6. The van der Waals surface area contributed by atoms with Gasteiger partial charge in [0.2, 0.25) is 5.91 Å². The first-order valence-corrected chi connectivity index (χ1v) is 9.54. The molecule has 1 amide bonds. The van der Waals surface area contributed by atoms with Gasteiger partial charge >= 0.3 is 0 Å². The molecule has 0 fully saturated rings. The zero-order valence-corrected chi connectivity index (χ0v) is 17.2. The second-order valence-corrected chi connectivity index (χ2v) is 5.93. The first-order valence-electron chi connectivity index (χ1n) is 9.54. The van der Waals surface area contributed by atoms with Gasteiger partial charge in [0, 0.05) is 19.1 Å². The van der Waals surface area contributed by atoms with E-state index in [1.807, 2.05) is 13.8 Å². The fourth-order valence-electron chi connectivity index (χ4n) is 1.75. The predicted octanol–water partition coefficient (Wildman–Crippen LogP) is 2.14. The maximum Gasteiger partial charge on any atom is 0.244 e. The Bertz CT molecular complexity index is 556. The minimum Gasteiger partial charge on any atom is -0.379 e. The summed E-state index contributed by atoms with van der Waals surface area (Å²) in [5.41, 5.74) is 0.642. The van der Waals surface area contributed by atoms with Crippen LogP contribution in [0.2, 0.25) is 0 Å². The number of hydrogen-bond donors (Lipinski definition) is 1. The van der Waals surface area contributed by atoms with E-state index < -0.39 is 0 Å². The van der Waals surface area contributed by atoms with E-state index in [9.17, 15) is 9.59 Å². The molecule has 0 radical (unpaired) electrons. The van der Waals surface area contributed by atoms with Crippen LogP contribution in [-0.2, 0) is 32.2 Å². The molecular formula is C19H34N4O4. The highest BCUT2D eigenvalue weighted by Crippen LogP contribution is 1.95. The molecule has 8 nitrogen and oxygen atoms in total. The molecule has 1 rings (SSSR count). The van der Waals surface area contributed by atoms with Crippen molar-refractivity contribution in [3.05, 3.63) is 24.0 Å². The molecule has 0 spiro atoms. The van der Waals surface area contributed by atoms with E-state index in [0.29, 0.717) is 44.4 Å². The molecule has 0 atom stereocenters. The van der Waals surface area contributed by atoms with Crippen LogP contribution < -0.4 is 5.32 Å². The van der Waals surface area contributed by atoms with Crippen LogP contribution in [0.3, 0.4) is 0 Å². The highest BCUT2D eigenvalue weighted by Gasteiger charge is 2.03. The average Bonchev–Trinajstić information content (AvgIpc) is 3.12. The second kappa shape index (κ2) is 16.1. The van der Waals surface area contributed by atoms with Gasteiger partial charge in [0.15, 0.2) is 5.78 Å². The summed E-state index contributed by atoms with van der Waals surface area (Å²) in [5.74, 6) is 0.105. The van der Waals surface area contributed by atoms with Crippen LogP contribution >= 0.6 is 0 Å². The van der Waals surface area contributed by atoms with Gasteiger partial charge in [0.1, 0.15) is 5.69 Å². The van der Waals surface area contributed by atoms with E-state index >= 15 is 0 Å². The minimum absolute atomic E-state index is 0.0873. The summed E-state index contributed by atoms with van der Waals surface area (Å²) in [6.45, 7) is 13.2. The van der Waals surface area contributed by atoms with E-state index in [2.05, 4.69) is 29.5 Å². The third kappa shape index (κ3) is 13.8. The molecule has 0 unspecified atom stereocenters. The average molecular weight is 383 g/mol. The fraction of sp³-hybridized carbons (Fsp3) is 0.684. The van der Waals surface area contributed by atoms with E-state index in [1.54, 1.807) is 17.8 Å². The maximum absolute atomic E-state index is 11.5. The molecule has 0 bridgehead atoms. The summed E-state index contributed by atoms with van der Waals surface area (Å²) in [5, 5.41) is 10.6. The van der Waals surface area contributed by atoms with Crippen LogP contribution in [0.5, 0.6) is 0 Å². The second-order valence-electron chi connectivity index (χ2n) is 5.93. The minimum atomic E-state index is -0.332. The summed E-state index contributed by atoms with van der Waals surface area (Å²) in [7, 11) is 0. The van der Waals surface area contributed by atoms with Crippen molar-refractivity contribution in [1.29, 1.82) is 0 Å². The molecule has 0 aliphatic rings. The van der Waals surface area contributed by atoms with Crippen molar-refractivity contribution < 1.29 is 19.1 Å². The zero-order valence-electron chi connectivity index (χ0n) is 17.2. The number of amides is 1. The van der Waals surface area contributed by atoms with Crippen molar-refractivity contribution in [2.75, 3.05) is 26.4 Å². The normalized spacial score (nSPS) is 10.7. The summed E-state index contributed by atoms with van der Waals surface area (Å²) >= 11 is 0. The lowest BCUT2D eigenvalue weighted by Crippen LogP contribution is -2.20. The molecule has 0 aliphatic heterocycles. The number of rotatable bonds is 13. The van der Waals surface area contributed by atoms with E-state index in [-0.39, 0.29) is 18.2 Å². The largest absolute Gasteiger partial charge is 0.379 e. The van der Waals surface area contributed by atoms with E-state index in [0.717, 1.165) is 6.61 Å². The summed E-state index contributed by atoms with van der Waals surface area (Å²) in [6, 6.07) is 0. The number of carbonyl (C=O) groups is 2. The van der Waals surface area contributed by atoms with Gasteiger partial charge in [0.05, 0.1) is 39.1 Å². The molecule has 0 aromatic carbocycles. The van der Waals surface area contributed by atoms with Crippen LogP contribution in [-0.4, -0.2) is 53.1 Å². The van der Waals surface area contributed by atoms with Gasteiger partial charge in [-0.2, -0.15) is 0 Å². The predicted molar refractivity (Wildman–Crippen MR) is 104 cm³/mol. The number of ketones is 1. The topological polar surface area (TPSA) is 95.3 Å². The number of carbonyl (C=O) groups excluding carboxylic acids is 2. The molecular weight excluding hydrogens is 348 g/mol. The third-order valence-corrected chi connectivity index (χ3v) is 3.09. The van der Waals surface area contributed by atoms with E-state index in [1.165, 1.54) is 12.2 Å². The van der Waals surface area contributed by atoms with Crippen LogP contribution in [0, 0.1) is 5.92 Å². The molecule has 27 heavy (non-hydrogen) atoms. The van der Waals surface area contributed by atoms with Crippen LogP contribution in [0.4, 0.5) is 0 Å². The Morgan fingerprint density at radius 3 is 2.56 bits per heavy atom. The Balaban J connectivity index is 0.00000326. The lowest BCUT2D eigenvalue weighted by Gasteiger charge is -2.07. The van der Waals surface area contributed by atoms with Gasteiger partial charge in [-0.1, -0.05) is 39.8 Å².